The minimum Gasteiger partial charge on any atom is -0.459 e. The lowest BCUT2D eigenvalue weighted by Gasteiger charge is -2.34. The number of carbonyl (C=O) groups is 1. The van der Waals surface area contributed by atoms with Gasteiger partial charge in [0.05, 0.1) is 21.1 Å². The van der Waals surface area contributed by atoms with E-state index in [4.69, 9.17) is 4.74 Å². The van der Waals surface area contributed by atoms with Crippen molar-refractivity contribution < 1.29 is 36.7 Å². The monoisotopic (exact) mass is 452 g/mol. The molecule has 32 heavy (non-hydrogen) atoms. The number of aliphatic hydroxyl groups is 1. The van der Waals surface area contributed by atoms with Gasteiger partial charge in [0, 0.05) is 17.5 Å². The normalized spacial score (nSPS) is 19.5. The fourth-order valence-corrected chi connectivity index (χ4v) is 3.76. The van der Waals surface area contributed by atoms with Gasteiger partial charge in [-0.3, -0.25) is 0 Å². The number of halogens is 4. The molecule has 0 radical (unpaired) electrons. The van der Waals surface area contributed by atoms with E-state index in [0.29, 0.717) is 35.9 Å². The lowest BCUT2D eigenvalue weighted by molar-refractivity contribution is -0.889. The first-order valence-corrected chi connectivity index (χ1v) is 10.2. The van der Waals surface area contributed by atoms with Gasteiger partial charge in [-0.15, -0.1) is 0 Å². The molecule has 1 aliphatic rings. The van der Waals surface area contributed by atoms with Gasteiger partial charge in [0.1, 0.15) is 12.1 Å². The maximum atomic E-state index is 13.9. The van der Waals surface area contributed by atoms with Crippen molar-refractivity contribution in [1.29, 1.82) is 0 Å². The summed E-state index contributed by atoms with van der Waals surface area (Å²) in [6.45, 7) is 0. The summed E-state index contributed by atoms with van der Waals surface area (Å²) in [6.07, 6.45) is 5.07. The van der Waals surface area contributed by atoms with Crippen LogP contribution in [0.15, 0.2) is 48.6 Å². The summed E-state index contributed by atoms with van der Waals surface area (Å²) in [7, 11) is 5.99. The lowest BCUT2D eigenvalue weighted by atomic mass is 9.86. The number of benzene rings is 2. The Morgan fingerprint density at radius 1 is 0.969 bits per heavy atom. The molecule has 0 heterocycles. The molecule has 172 valence electrons. The Morgan fingerprint density at radius 2 is 1.50 bits per heavy atom. The van der Waals surface area contributed by atoms with Gasteiger partial charge >= 0.3 is 5.97 Å². The van der Waals surface area contributed by atoms with Crippen LogP contribution in [0, 0.1) is 23.3 Å². The van der Waals surface area contributed by atoms with Crippen LogP contribution in [0.5, 0.6) is 0 Å². The third-order valence-electron chi connectivity index (χ3n) is 5.76. The molecule has 0 aliphatic heterocycles. The Labute approximate surface area is 184 Å². The highest BCUT2D eigenvalue weighted by Crippen LogP contribution is 2.34. The van der Waals surface area contributed by atoms with E-state index < -0.39 is 40.9 Å². The molecule has 3 rings (SSSR count). The van der Waals surface area contributed by atoms with E-state index in [1.165, 1.54) is 0 Å². The summed E-state index contributed by atoms with van der Waals surface area (Å²) >= 11 is 0. The van der Waals surface area contributed by atoms with E-state index >= 15 is 0 Å². The smallest absolute Gasteiger partial charge is 0.347 e. The van der Waals surface area contributed by atoms with E-state index in [1.807, 2.05) is 33.3 Å². The second kappa shape index (κ2) is 9.03. The average Bonchev–Trinajstić information content (AvgIpc) is 2.97. The highest BCUT2D eigenvalue weighted by atomic mass is 19.2. The highest BCUT2D eigenvalue weighted by molar-refractivity contribution is 5.85. The quantitative estimate of drug-likeness (QED) is 0.320. The number of hydrogen-bond acceptors (Lipinski definition) is 3. The number of carbonyl (C=O) groups excluding carboxylic acids is 1. The minimum absolute atomic E-state index is 0.0370. The number of ether oxygens (including phenoxy) is 1. The van der Waals surface area contributed by atoms with Crippen molar-refractivity contribution in [2.45, 2.75) is 37.0 Å². The number of rotatable bonds is 5. The van der Waals surface area contributed by atoms with Crippen molar-refractivity contribution >= 4 is 5.97 Å². The first-order valence-electron chi connectivity index (χ1n) is 10.2. The second-order valence-corrected chi connectivity index (χ2v) is 8.92. The van der Waals surface area contributed by atoms with Gasteiger partial charge in [-0.05, 0) is 43.2 Å². The molecule has 0 amide bonds. The van der Waals surface area contributed by atoms with E-state index in [2.05, 4.69) is 0 Å². The largest absolute Gasteiger partial charge is 0.459 e. The molecular formula is C24H26F4NO3+. The summed E-state index contributed by atoms with van der Waals surface area (Å²) < 4.78 is 61.1. The fraction of sp³-hybridized carbons (Fsp3) is 0.375. The van der Waals surface area contributed by atoms with Gasteiger partial charge in [-0.25, -0.2) is 22.4 Å². The first-order chi connectivity index (χ1) is 14.9. The predicted molar refractivity (Wildman–Crippen MR) is 110 cm³/mol. The zero-order chi connectivity index (χ0) is 23.7. The van der Waals surface area contributed by atoms with Gasteiger partial charge in [0.2, 0.25) is 5.60 Å². The average molecular weight is 452 g/mol. The number of hydrogen-bond donors (Lipinski definition) is 1. The minimum atomic E-state index is -2.67. The molecule has 0 saturated carbocycles. The Kier molecular flexibility index (Phi) is 6.76. The van der Waals surface area contributed by atoms with Crippen molar-refractivity contribution in [1.82, 2.24) is 0 Å². The van der Waals surface area contributed by atoms with Gasteiger partial charge in [-0.2, -0.15) is 0 Å². The number of likely N-dealkylation sites (N-methyl/N-ethyl adjacent to an activating group) is 1. The van der Waals surface area contributed by atoms with Gasteiger partial charge < -0.3 is 14.3 Å². The van der Waals surface area contributed by atoms with Crippen LogP contribution >= 0.6 is 0 Å². The maximum absolute atomic E-state index is 13.9. The highest BCUT2D eigenvalue weighted by Gasteiger charge is 2.44. The summed E-state index contributed by atoms with van der Waals surface area (Å²) in [5.41, 5.74) is -3.39. The van der Waals surface area contributed by atoms with Crippen LogP contribution in [-0.2, 0) is 15.1 Å². The van der Waals surface area contributed by atoms with Crippen LogP contribution in [0.1, 0.15) is 30.4 Å². The van der Waals surface area contributed by atoms with Gasteiger partial charge in [0.15, 0.2) is 23.3 Å². The molecular weight excluding hydrogens is 426 g/mol. The molecule has 0 bridgehead atoms. The Balaban J connectivity index is 2.00. The molecule has 0 fully saturated rings. The molecule has 1 aliphatic carbocycles. The molecule has 1 unspecified atom stereocenters. The Bertz CT molecular complexity index is 981. The zero-order valence-electron chi connectivity index (χ0n) is 18.1. The van der Waals surface area contributed by atoms with Crippen LogP contribution in [0.3, 0.4) is 0 Å². The molecule has 2 atom stereocenters. The molecule has 1 N–H and O–H groups in total. The van der Waals surface area contributed by atoms with E-state index in [9.17, 15) is 27.5 Å². The van der Waals surface area contributed by atoms with Crippen molar-refractivity contribution in [2.75, 3.05) is 21.1 Å². The number of esters is 1. The maximum Gasteiger partial charge on any atom is 0.347 e. The molecule has 2 aromatic carbocycles. The molecule has 2 aromatic rings. The molecule has 4 nitrogen and oxygen atoms in total. The summed E-state index contributed by atoms with van der Waals surface area (Å²) in [5, 5.41) is 11.4. The number of allylic oxidation sites excluding steroid dienone is 1. The molecule has 0 spiro atoms. The first kappa shape index (κ1) is 23.9. The van der Waals surface area contributed by atoms with Crippen molar-refractivity contribution in [2.24, 2.45) is 0 Å². The molecule has 0 saturated heterocycles. The summed E-state index contributed by atoms with van der Waals surface area (Å²) in [6, 6.07) is 4.81. The summed E-state index contributed by atoms with van der Waals surface area (Å²) in [4.78, 5) is 13.3. The zero-order valence-corrected chi connectivity index (χ0v) is 18.1. The third-order valence-corrected chi connectivity index (χ3v) is 5.76. The summed E-state index contributed by atoms with van der Waals surface area (Å²) in [5.74, 6) is -6.16. The van der Waals surface area contributed by atoms with E-state index in [-0.39, 0.29) is 17.2 Å². The van der Waals surface area contributed by atoms with E-state index in [0.717, 1.165) is 24.3 Å². The Hall–Kier alpha value is -2.71. The SMILES string of the molecule is C[N+](C)(C)C1C=CCC[C@@H](OC(=O)C(O)(c2ccc(F)c(F)c2)c2ccc(F)c(F)c2)C1. The van der Waals surface area contributed by atoms with Crippen LogP contribution < -0.4 is 0 Å². The van der Waals surface area contributed by atoms with Crippen LogP contribution in [-0.4, -0.2) is 48.8 Å². The van der Waals surface area contributed by atoms with Gasteiger partial charge in [-0.1, -0.05) is 18.2 Å². The molecule has 0 aromatic heterocycles. The second-order valence-electron chi connectivity index (χ2n) is 8.92. The van der Waals surface area contributed by atoms with Crippen LogP contribution in [0.2, 0.25) is 0 Å². The van der Waals surface area contributed by atoms with Crippen molar-refractivity contribution in [3.63, 3.8) is 0 Å². The molecule has 8 heteroatoms. The lowest BCUT2D eigenvalue weighted by Crippen LogP contribution is -2.46. The predicted octanol–water partition coefficient (Wildman–Crippen LogP) is 4.21. The number of nitrogens with zero attached hydrogens (tertiary/aromatic N) is 1. The van der Waals surface area contributed by atoms with Crippen LogP contribution in [0.4, 0.5) is 17.6 Å². The van der Waals surface area contributed by atoms with Crippen molar-refractivity contribution in [3.05, 3.63) is 82.9 Å². The van der Waals surface area contributed by atoms with Crippen LogP contribution in [0.25, 0.3) is 0 Å². The third kappa shape index (κ3) is 4.86. The van der Waals surface area contributed by atoms with Crippen molar-refractivity contribution in [3.8, 4) is 0 Å². The topological polar surface area (TPSA) is 46.5 Å². The van der Waals surface area contributed by atoms with Gasteiger partial charge in [0.25, 0.3) is 0 Å². The Morgan fingerprint density at radius 3 is 1.97 bits per heavy atom. The standard InChI is InChI=1S/C24H26F4NO3/c1-29(2,3)17-6-4-5-7-18(14-17)32-23(30)24(31,15-8-10-19(25)21(27)12-15)16-9-11-20(26)22(28)13-16/h4,6,8-13,17-18,31H,5,7,14H2,1-3H3/q+1/t17?,18-/m1/s1. The van der Waals surface area contributed by atoms with E-state index in [1.54, 1.807) is 0 Å². The number of quaternary nitrogens is 1. The fourth-order valence-electron chi connectivity index (χ4n) is 3.76.